The van der Waals surface area contributed by atoms with Crippen molar-refractivity contribution in [3.8, 4) is 0 Å². The Morgan fingerprint density at radius 2 is 2.15 bits per heavy atom. The molecule has 0 radical (unpaired) electrons. The molecule has 0 spiro atoms. The molecule has 2 rings (SSSR count). The molecule has 0 amide bonds. The van der Waals surface area contributed by atoms with Gasteiger partial charge in [0, 0.05) is 0 Å². The van der Waals surface area contributed by atoms with Crippen LogP contribution in [0, 0.1) is 4.64 Å². The third-order valence-electron chi connectivity index (χ3n) is 1.57. The number of imidazole rings is 1. The SMILES string of the molecule is CSc1nc(=S)c2[nH]c(=O)[nH]c2[nH]1. The van der Waals surface area contributed by atoms with Gasteiger partial charge in [0.05, 0.1) is 0 Å². The number of rotatable bonds is 1. The van der Waals surface area contributed by atoms with Gasteiger partial charge in [-0.2, -0.15) is 0 Å². The van der Waals surface area contributed by atoms with Crippen LogP contribution in [0.15, 0.2) is 9.95 Å². The number of hydrogen-bond donors (Lipinski definition) is 3. The second-order valence-corrected chi connectivity index (χ2v) is 3.56. The normalized spacial score (nSPS) is 10.8. The van der Waals surface area contributed by atoms with E-state index in [-0.39, 0.29) is 5.69 Å². The van der Waals surface area contributed by atoms with Crippen molar-refractivity contribution in [2.24, 2.45) is 0 Å². The maximum Gasteiger partial charge on any atom is 0.325 e. The zero-order valence-electron chi connectivity index (χ0n) is 6.67. The van der Waals surface area contributed by atoms with Crippen LogP contribution >= 0.6 is 24.0 Å². The number of aromatic nitrogens is 4. The predicted molar refractivity (Wildman–Crippen MR) is 53.7 cm³/mol. The van der Waals surface area contributed by atoms with Gasteiger partial charge in [0.25, 0.3) is 0 Å². The smallest absolute Gasteiger partial charge is 0.319 e. The van der Waals surface area contributed by atoms with E-state index in [1.807, 2.05) is 6.26 Å². The lowest BCUT2D eigenvalue weighted by Crippen LogP contribution is -1.99. The number of thioether (sulfide) groups is 1. The van der Waals surface area contributed by atoms with Crippen LogP contribution < -0.4 is 5.69 Å². The Kier molecular flexibility index (Phi) is 1.97. The van der Waals surface area contributed by atoms with Crippen LogP contribution in [0.1, 0.15) is 0 Å². The van der Waals surface area contributed by atoms with E-state index in [1.54, 1.807) is 0 Å². The van der Waals surface area contributed by atoms with Gasteiger partial charge < -0.3 is 9.97 Å². The Balaban J connectivity index is 2.91. The van der Waals surface area contributed by atoms with Gasteiger partial charge in [-0.25, -0.2) is 9.78 Å². The van der Waals surface area contributed by atoms with Gasteiger partial charge in [0.15, 0.2) is 9.80 Å². The van der Waals surface area contributed by atoms with E-state index in [4.69, 9.17) is 12.2 Å². The summed E-state index contributed by atoms with van der Waals surface area (Å²) in [6, 6.07) is 0. The lowest BCUT2D eigenvalue weighted by Gasteiger charge is -1.94. The molecule has 2 heterocycles. The van der Waals surface area contributed by atoms with Crippen LogP contribution in [0.5, 0.6) is 0 Å². The lowest BCUT2D eigenvalue weighted by atomic mass is 10.6. The van der Waals surface area contributed by atoms with Crippen LogP contribution in [0.25, 0.3) is 11.2 Å². The molecular formula is C6H6N4OS2. The fourth-order valence-corrected chi connectivity index (χ4v) is 1.71. The monoisotopic (exact) mass is 214 g/mol. The molecule has 0 aliphatic carbocycles. The Hall–Kier alpha value is -1.08. The molecule has 0 saturated carbocycles. The highest BCUT2D eigenvalue weighted by atomic mass is 32.2. The van der Waals surface area contributed by atoms with Gasteiger partial charge in [0.2, 0.25) is 0 Å². The minimum Gasteiger partial charge on any atom is -0.319 e. The molecule has 0 saturated heterocycles. The van der Waals surface area contributed by atoms with E-state index in [0.717, 1.165) is 0 Å². The molecule has 7 heteroatoms. The maximum absolute atomic E-state index is 10.9. The van der Waals surface area contributed by atoms with Gasteiger partial charge >= 0.3 is 5.69 Å². The van der Waals surface area contributed by atoms with Crippen molar-refractivity contribution < 1.29 is 0 Å². The van der Waals surface area contributed by atoms with Crippen LogP contribution in [0.3, 0.4) is 0 Å². The Morgan fingerprint density at radius 3 is 2.85 bits per heavy atom. The highest BCUT2D eigenvalue weighted by Crippen LogP contribution is 2.11. The third-order valence-corrected chi connectivity index (χ3v) is 2.44. The van der Waals surface area contributed by atoms with Crippen molar-refractivity contribution in [2.75, 3.05) is 6.26 Å². The van der Waals surface area contributed by atoms with E-state index in [0.29, 0.717) is 21.0 Å². The Labute approximate surface area is 82.0 Å². The summed E-state index contributed by atoms with van der Waals surface area (Å²) in [7, 11) is 0. The molecule has 0 aromatic carbocycles. The van der Waals surface area contributed by atoms with E-state index in [2.05, 4.69) is 19.9 Å². The van der Waals surface area contributed by atoms with Crippen LogP contribution in [-0.2, 0) is 0 Å². The number of H-pyrrole nitrogens is 3. The van der Waals surface area contributed by atoms with Crippen molar-refractivity contribution in [3.05, 3.63) is 15.1 Å². The second kappa shape index (κ2) is 3.00. The van der Waals surface area contributed by atoms with Crippen molar-refractivity contribution in [2.45, 2.75) is 5.16 Å². The second-order valence-electron chi connectivity index (χ2n) is 2.38. The molecule has 5 nitrogen and oxygen atoms in total. The first-order valence-corrected chi connectivity index (χ1v) is 5.10. The summed E-state index contributed by atoms with van der Waals surface area (Å²) in [5, 5.41) is 0.688. The number of nitrogens with one attached hydrogen (secondary N) is 3. The summed E-state index contributed by atoms with van der Waals surface area (Å²) in [6.45, 7) is 0. The number of fused-ring (bicyclic) bond motifs is 1. The van der Waals surface area contributed by atoms with Gasteiger partial charge in [-0.15, -0.1) is 0 Å². The van der Waals surface area contributed by atoms with Crippen LogP contribution in [0.2, 0.25) is 0 Å². The molecule has 3 N–H and O–H groups in total. The van der Waals surface area contributed by atoms with Crippen LogP contribution in [0.4, 0.5) is 0 Å². The fraction of sp³-hybridized carbons (Fsp3) is 0.167. The molecule has 2 aromatic rings. The standard InChI is InChI=1S/C6H6N4OS2/c1-13-6-9-3-2(4(12)10-6)7-5(11)8-3/h1H3,(H3,7,8,9,10,11,12). The lowest BCUT2D eigenvalue weighted by molar-refractivity contribution is 0.986. The zero-order chi connectivity index (χ0) is 9.42. The highest BCUT2D eigenvalue weighted by molar-refractivity contribution is 7.98. The summed E-state index contributed by atoms with van der Waals surface area (Å²) in [5.74, 6) is 0. The van der Waals surface area contributed by atoms with Gasteiger partial charge in [-0.1, -0.05) is 24.0 Å². The molecule has 0 bridgehead atoms. The first-order chi connectivity index (χ1) is 6.20. The molecule has 0 atom stereocenters. The summed E-state index contributed by atoms with van der Waals surface area (Å²) in [5.41, 5.74) is 0.865. The minimum absolute atomic E-state index is 0.280. The molecule has 2 aromatic heterocycles. The number of nitrogens with zero attached hydrogens (tertiary/aromatic N) is 1. The largest absolute Gasteiger partial charge is 0.325 e. The molecule has 0 fully saturated rings. The fourth-order valence-electron chi connectivity index (χ4n) is 1.02. The van der Waals surface area contributed by atoms with Crippen molar-refractivity contribution in [1.82, 2.24) is 19.9 Å². The maximum atomic E-state index is 10.9. The van der Waals surface area contributed by atoms with Crippen molar-refractivity contribution in [3.63, 3.8) is 0 Å². The molecule has 0 unspecified atom stereocenters. The predicted octanol–water partition coefficient (Wildman–Crippen LogP) is 1.03. The van der Waals surface area contributed by atoms with E-state index in [9.17, 15) is 4.79 Å². The van der Waals surface area contributed by atoms with Crippen molar-refractivity contribution >= 4 is 35.1 Å². The Bertz CT molecular complexity index is 551. The first kappa shape index (κ1) is 8.52. The summed E-state index contributed by atoms with van der Waals surface area (Å²) in [6.07, 6.45) is 1.88. The van der Waals surface area contributed by atoms with E-state index < -0.39 is 0 Å². The van der Waals surface area contributed by atoms with E-state index >= 15 is 0 Å². The Morgan fingerprint density at radius 1 is 1.38 bits per heavy atom. The number of aromatic amines is 3. The summed E-state index contributed by atoms with van der Waals surface area (Å²) >= 11 is 6.42. The summed E-state index contributed by atoms with van der Waals surface area (Å²) < 4.78 is 0.399. The molecular weight excluding hydrogens is 208 g/mol. The van der Waals surface area contributed by atoms with Gasteiger partial charge in [-0.05, 0) is 6.26 Å². The van der Waals surface area contributed by atoms with Crippen molar-refractivity contribution in [1.29, 1.82) is 0 Å². The number of hydrogen-bond acceptors (Lipinski definition) is 4. The molecule has 0 aliphatic heterocycles. The average molecular weight is 214 g/mol. The summed E-state index contributed by atoms with van der Waals surface area (Å²) in [4.78, 5) is 23.1. The quantitative estimate of drug-likeness (QED) is 0.376. The topological polar surface area (TPSA) is 77.3 Å². The molecule has 0 aliphatic rings. The minimum atomic E-state index is -0.280. The molecule has 68 valence electrons. The zero-order valence-corrected chi connectivity index (χ0v) is 8.30. The van der Waals surface area contributed by atoms with Gasteiger partial charge in [0.1, 0.15) is 11.2 Å². The average Bonchev–Trinajstić information content (AvgIpc) is 2.46. The molecule has 13 heavy (non-hydrogen) atoms. The first-order valence-electron chi connectivity index (χ1n) is 3.47. The highest BCUT2D eigenvalue weighted by Gasteiger charge is 2.02. The van der Waals surface area contributed by atoms with Gasteiger partial charge in [-0.3, -0.25) is 4.98 Å². The third kappa shape index (κ3) is 1.40. The van der Waals surface area contributed by atoms with E-state index in [1.165, 1.54) is 11.8 Å². The van der Waals surface area contributed by atoms with Crippen LogP contribution in [-0.4, -0.2) is 26.2 Å².